The van der Waals surface area contributed by atoms with Crippen molar-refractivity contribution in [2.45, 2.75) is 37.1 Å². The first-order chi connectivity index (χ1) is 19.4. The molecule has 1 unspecified atom stereocenters. The lowest BCUT2D eigenvalue weighted by molar-refractivity contribution is -0.148. The molecule has 3 aromatic carbocycles. The number of nitrogens with one attached hydrogen (secondary N) is 2. The lowest BCUT2D eigenvalue weighted by Crippen LogP contribution is -2.56. The van der Waals surface area contributed by atoms with Crippen molar-refractivity contribution in [2.24, 2.45) is 0 Å². The van der Waals surface area contributed by atoms with Gasteiger partial charge >= 0.3 is 12.1 Å². The van der Waals surface area contributed by atoms with Crippen LogP contribution in [0.1, 0.15) is 29.0 Å². The van der Waals surface area contributed by atoms with Gasteiger partial charge in [0, 0.05) is 25.6 Å². The van der Waals surface area contributed by atoms with E-state index in [-0.39, 0.29) is 25.7 Å². The topological polar surface area (TPSA) is 117 Å². The van der Waals surface area contributed by atoms with Gasteiger partial charge in [0.15, 0.2) is 6.10 Å². The zero-order valence-corrected chi connectivity index (χ0v) is 22.3. The number of carbonyl (C=O) groups is 3. The fourth-order valence-electron chi connectivity index (χ4n) is 5.51. The SMILES string of the molecule is CN(Cc1ccccc1)CC(NC(=O)OCC1c2ccccc2-c2ccccc21)C(=O)N[C@@H]1CCO[C@@H]1C(=O)O. The monoisotopic (exact) mass is 543 g/mol. The molecule has 0 saturated carbocycles. The molecule has 0 radical (unpaired) electrons. The molecular weight excluding hydrogens is 510 g/mol. The molecule has 2 aliphatic rings. The zero-order chi connectivity index (χ0) is 28.1. The lowest BCUT2D eigenvalue weighted by Gasteiger charge is -2.26. The van der Waals surface area contributed by atoms with E-state index >= 15 is 0 Å². The highest BCUT2D eigenvalue weighted by molar-refractivity contribution is 5.87. The van der Waals surface area contributed by atoms with Crippen LogP contribution < -0.4 is 10.6 Å². The van der Waals surface area contributed by atoms with E-state index in [1.165, 1.54) is 0 Å². The molecule has 0 bridgehead atoms. The average molecular weight is 544 g/mol. The quantitative estimate of drug-likeness (QED) is 0.359. The summed E-state index contributed by atoms with van der Waals surface area (Å²) in [6.45, 7) is 1.10. The molecule has 1 aliphatic carbocycles. The number of nitrogens with zero attached hydrogens (tertiary/aromatic N) is 1. The highest BCUT2D eigenvalue weighted by atomic mass is 16.5. The van der Waals surface area contributed by atoms with Gasteiger partial charge in [0.25, 0.3) is 0 Å². The smallest absolute Gasteiger partial charge is 0.407 e. The van der Waals surface area contributed by atoms with E-state index in [0.29, 0.717) is 13.0 Å². The van der Waals surface area contributed by atoms with Gasteiger partial charge in [-0.1, -0.05) is 78.9 Å². The Morgan fingerprint density at radius 1 is 0.975 bits per heavy atom. The number of likely N-dealkylation sites (N-methyl/N-ethyl adjacent to an activating group) is 1. The van der Waals surface area contributed by atoms with Crippen molar-refractivity contribution >= 4 is 18.0 Å². The second-order valence-corrected chi connectivity index (χ2v) is 10.2. The molecule has 0 spiro atoms. The van der Waals surface area contributed by atoms with E-state index in [9.17, 15) is 19.5 Å². The van der Waals surface area contributed by atoms with Gasteiger partial charge in [0.05, 0.1) is 6.04 Å². The minimum absolute atomic E-state index is 0.113. The maximum absolute atomic E-state index is 13.3. The predicted octanol–water partition coefficient (Wildman–Crippen LogP) is 3.38. The molecule has 1 fully saturated rings. The van der Waals surface area contributed by atoms with E-state index in [2.05, 4.69) is 22.8 Å². The van der Waals surface area contributed by atoms with Gasteiger partial charge in [0.1, 0.15) is 12.6 Å². The Kier molecular flexibility index (Phi) is 8.42. The Hall–Kier alpha value is -4.21. The van der Waals surface area contributed by atoms with Crippen LogP contribution in [0.25, 0.3) is 11.1 Å². The van der Waals surface area contributed by atoms with Crippen LogP contribution in [0.3, 0.4) is 0 Å². The number of rotatable bonds is 10. The summed E-state index contributed by atoms with van der Waals surface area (Å²) in [5, 5.41) is 14.9. The maximum atomic E-state index is 13.3. The maximum Gasteiger partial charge on any atom is 0.407 e. The second-order valence-electron chi connectivity index (χ2n) is 10.2. The third-order valence-corrected chi connectivity index (χ3v) is 7.40. The number of ether oxygens (including phenoxy) is 2. The van der Waals surface area contributed by atoms with Crippen molar-refractivity contribution in [3.63, 3.8) is 0 Å². The van der Waals surface area contributed by atoms with Crippen LogP contribution in [0, 0.1) is 0 Å². The number of aliphatic carboxylic acids is 1. The Morgan fingerprint density at radius 2 is 1.60 bits per heavy atom. The molecule has 1 heterocycles. The molecular formula is C31H33N3O6. The molecule has 40 heavy (non-hydrogen) atoms. The Balaban J connectivity index is 1.26. The number of amides is 2. The molecule has 1 saturated heterocycles. The zero-order valence-electron chi connectivity index (χ0n) is 22.3. The minimum Gasteiger partial charge on any atom is -0.479 e. The molecule has 0 aromatic heterocycles. The van der Waals surface area contributed by atoms with Crippen molar-refractivity contribution < 1.29 is 29.0 Å². The van der Waals surface area contributed by atoms with E-state index < -0.39 is 36.2 Å². The summed E-state index contributed by atoms with van der Waals surface area (Å²) >= 11 is 0. The van der Waals surface area contributed by atoms with Gasteiger partial charge in [0.2, 0.25) is 5.91 Å². The molecule has 1 aliphatic heterocycles. The largest absolute Gasteiger partial charge is 0.479 e. The highest BCUT2D eigenvalue weighted by Crippen LogP contribution is 2.44. The standard InChI is InChI=1S/C31H33N3O6/c1-34(17-20-9-3-2-4-10-20)18-27(29(35)32-26-15-16-39-28(26)30(36)37)33-31(38)40-19-25-23-13-7-5-11-21(23)22-12-6-8-14-24(22)25/h2-14,25-28H,15-19H2,1H3,(H,32,35)(H,33,38)(H,36,37)/t26-,27?,28+/m1/s1. The van der Waals surface area contributed by atoms with Crippen molar-refractivity contribution in [1.29, 1.82) is 0 Å². The summed E-state index contributed by atoms with van der Waals surface area (Å²) in [6.07, 6.45) is -1.46. The van der Waals surface area contributed by atoms with Crippen molar-refractivity contribution in [1.82, 2.24) is 15.5 Å². The number of carboxylic acid groups (broad SMARTS) is 1. The molecule has 3 N–H and O–H groups in total. The molecule has 2 amide bonds. The van der Waals surface area contributed by atoms with E-state index in [1.807, 2.05) is 78.7 Å². The third-order valence-electron chi connectivity index (χ3n) is 7.40. The number of fused-ring (bicyclic) bond motifs is 3. The first-order valence-electron chi connectivity index (χ1n) is 13.4. The number of carboxylic acids is 1. The van der Waals surface area contributed by atoms with Crippen LogP contribution in [0.2, 0.25) is 0 Å². The van der Waals surface area contributed by atoms with E-state index in [4.69, 9.17) is 9.47 Å². The number of hydrogen-bond donors (Lipinski definition) is 3. The number of alkyl carbamates (subject to hydrolysis) is 1. The summed E-state index contributed by atoms with van der Waals surface area (Å²) in [4.78, 5) is 39.8. The van der Waals surface area contributed by atoms with Gasteiger partial charge in [-0.3, -0.25) is 9.69 Å². The van der Waals surface area contributed by atoms with Crippen LogP contribution in [0.4, 0.5) is 4.79 Å². The minimum atomic E-state index is -1.13. The van der Waals surface area contributed by atoms with Crippen LogP contribution in [0.15, 0.2) is 78.9 Å². The third kappa shape index (κ3) is 6.16. The fraction of sp³-hybridized carbons (Fsp3) is 0.323. The normalized spacial score (nSPS) is 18.6. The van der Waals surface area contributed by atoms with E-state index in [0.717, 1.165) is 27.8 Å². The van der Waals surface area contributed by atoms with Gasteiger partial charge < -0.3 is 25.2 Å². The summed E-state index contributed by atoms with van der Waals surface area (Å²) < 4.78 is 10.9. The summed E-state index contributed by atoms with van der Waals surface area (Å²) in [5.74, 6) is -1.74. The first kappa shape index (κ1) is 27.4. The Bertz CT molecular complexity index is 1320. The van der Waals surface area contributed by atoms with Crippen LogP contribution >= 0.6 is 0 Å². The molecule has 9 heteroatoms. The van der Waals surface area contributed by atoms with Crippen LogP contribution in [-0.2, 0) is 25.6 Å². The fourth-order valence-corrected chi connectivity index (χ4v) is 5.51. The van der Waals surface area contributed by atoms with Gasteiger partial charge in [-0.05, 0) is 41.3 Å². The molecule has 9 nitrogen and oxygen atoms in total. The predicted molar refractivity (Wildman–Crippen MR) is 149 cm³/mol. The Labute approximate surface area is 233 Å². The van der Waals surface area contributed by atoms with Crippen molar-refractivity contribution in [3.8, 4) is 11.1 Å². The highest BCUT2D eigenvalue weighted by Gasteiger charge is 2.37. The molecule has 5 rings (SSSR count). The van der Waals surface area contributed by atoms with Crippen LogP contribution in [0.5, 0.6) is 0 Å². The van der Waals surface area contributed by atoms with Crippen molar-refractivity contribution in [3.05, 3.63) is 95.6 Å². The van der Waals surface area contributed by atoms with Gasteiger partial charge in [-0.15, -0.1) is 0 Å². The van der Waals surface area contributed by atoms with Crippen molar-refractivity contribution in [2.75, 3.05) is 26.8 Å². The summed E-state index contributed by atoms with van der Waals surface area (Å²) in [5.41, 5.74) is 5.49. The average Bonchev–Trinajstić information content (AvgIpc) is 3.54. The van der Waals surface area contributed by atoms with Gasteiger partial charge in [-0.2, -0.15) is 0 Å². The number of carbonyl (C=O) groups excluding carboxylic acids is 2. The first-order valence-corrected chi connectivity index (χ1v) is 13.4. The molecule has 3 aromatic rings. The molecule has 208 valence electrons. The number of benzene rings is 3. The van der Waals surface area contributed by atoms with E-state index in [1.54, 1.807) is 0 Å². The lowest BCUT2D eigenvalue weighted by atomic mass is 9.98. The summed E-state index contributed by atoms with van der Waals surface area (Å²) in [7, 11) is 1.85. The Morgan fingerprint density at radius 3 is 2.25 bits per heavy atom. The summed E-state index contributed by atoms with van der Waals surface area (Å²) in [6, 6.07) is 24.3. The second kappa shape index (κ2) is 12.3. The number of hydrogen-bond acceptors (Lipinski definition) is 6. The van der Waals surface area contributed by atoms with Gasteiger partial charge in [-0.25, -0.2) is 9.59 Å². The van der Waals surface area contributed by atoms with Crippen LogP contribution in [-0.4, -0.2) is 73.0 Å². The molecule has 3 atom stereocenters.